The molecule has 1 aromatic rings. The summed E-state index contributed by atoms with van der Waals surface area (Å²) in [4.78, 5) is 14.5. The van der Waals surface area contributed by atoms with Crippen molar-refractivity contribution in [1.82, 2.24) is 4.90 Å². The number of rotatable bonds is 2. The summed E-state index contributed by atoms with van der Waals surface area (Å²) in [5.41, 5.74) is 1.32. The van der Waals surface area contributed by atoms with E-state index in [4.69, 9.17) is 0 Å². The Morgan fingerprint density at radius 3 is 2.29 bits per heavy atom. The van der Waals surface area contributed by atoms with Crippen LogP contribution in [0.1, 0.15) is 50.0 Å². The molecule has 1 amide bonds. The Balaban J connectivity index is 1.67. The minimum atomic E-state index is -0.649. The lowest BCUT2D eigenvalue weighted by Gasteiger charge is -2.40. The first-order valence-electron chi connectivity index (χ1n) is 7.97. The summed E-state index contributed by atoms with van der Waals surface area (Å²) in [6.45, 7) is 1.65. The van der Waals surface area contributed by atoms with E-state index in [1.807, 2.05) is 35.2 Å². The lowest BCUT2D eigenvalue weighted by Crippen LogP contribution is -2.44. The third-order valence-electron chi connectivity index (χ3n) is 5.31. The van der Waals surface area contributed by atoms with Crippen LogP contribution in [0.5, 0.6) is 0 Å². The second-order valence-electron chi connectivity index (χ2n) is 6.51. The molecule has 1 spiro atoms. The highest BCUT2D eigenvalue weighted by Gasteiger charge is 2.39. The third kappa shape index (κ3) is 2.81. The summed E-state index contributed by atoms with van der Waals surface area (Å²) in [5, 5.41) is 9.39. The average Bonchev–Trinajstić information content (AvgIpc) is 2.98. The molecule has 0 bridgehead atoms. The van der Waals surface area contributed by atoms with Crippen LogP contribution in [-0.4, -0.2) is 23.9 Å². The Morgan fingerprint density at radius 1 is 1.10 bits per heavy atom. The average molecular weight is 282 g/mol. The van der Waals surface area contributed by atoms with E-state index in [1.54, 1.807) is 0 Å². The molecule has 1 aliphatic carbocycles. The lowest BCUT2D eigenvalue weighted by molar-refractivity contribution is -0.133. The molecule has 2 fully saturated rings. The number of piperidine rings is 1. The number of nitriles is 1. The van der Waals surface area contributed by atoms with Crippen molar-refractivity contribution in [2.24, 2.45) is 5.41 Å². The van der Waals surface area contributed by atoms with E-state index in [9.17, 15) is 10.1 Å². The van der Waals surface area contributed by atoms with Gasteiger partial charge in [0.25, 0.3) is 0 Å². The quantitative estimate of drug-likeness (QED) is 0.833. The Labute approximate surface area is 126 Å². The van der Waals surface area contributed by atoms with Crippen LogP contribution in [-0.2, 0) is 4.79 Å². The minimum absolute atomic E-state index is 0.0171. The maximum atomic E-state index is 12.6. The Kier molecular flexibility index (Phi) is 3.96. The minimum Gasteiger partial charge on any atom is -0.341 e. The highest BCUT2D eigenvalue weighted by Crippen LogP contribution is 2.46. The van der Waals surface area contributed by atoms with Crippen molar-refractivity contribution in [1.29, 1.82) is 5.26 Å². The Morgan fingerprint density at radius 2 is 1.71 bits per heavy atom. The van der Waals surface area contributed by atoms with Crippen molar-refractivity contribution in [2.75, 3.05) is 13.1 Å². The molecule has 0 N–H and O–H groups in total. The van der Waals surface area contributed by atoms with E-state index in [2.05, 4.69) is 6.07 Å². The van der Waals surface area contributed by atoms with Gasteiger partial charge in [0.15, 0.2) is 0 Å². The zero-order valence-corrected chi connectivity index (χ0v) is 12.4. The van der Waals surface area contributed by atoms with Gasteiger partial charge in [0, 0.05) is 13.1 Å². The zero-order valence-electron chi connectivity index (χ0n) is 12.4. The van der Waals surface area contributed by atoms with Crippen molar-refractivity contribution >= 4 is 5.91 Å². The van der Waals surface area contributed by atoms with Gasteiger partial charge in [-0.3, -0.25) is 4.79 Å². The fourth-order valence-corrected chi connectivity index (χ4v) is 3.93. The van der Waals surface area contributed by atoms with Crippen LogP contribution in [0, 0.1) is 16.7 Å². The molecule has 1 saturated carbocycles. The standard InChI is InChI=1S/C18H22N2O/c19-14-16(15-6-2-1-3-7-15)17(21)20-12-10-18(11-13-20)8-4-5-9-18/h1-3,6-7,16H,4-5,8-13H2. The monoisotopic (exact) mass is 282 g/mol. The van der Waals surface area contributed by atoms with E-state index in [1.165, 1.54) is 25.7 Å². The van der Waals surface area contributed by atoms with Gasteiger partial charge in [0.2, 0.25) is 5.91 Å². The molecule has 1 atom stereocenters. The highest BCUT2D eigenvalue weighted by atomic mass is 16.2. The molecular formula is C18H22N2O. The molecule has 1 aromatic carbocycles. The van der Waals surface area contributed by atoms with Crippen LogP contribution in [0.25, 0.3) is 0 Å². The fourth-order valence-electron chi connectivity index (χ4n) is 3.93. The van der Waals surface area contributed by atoms with Crippen molar-refractivity contribution in [3.63, 3.8) is 0 Å². The number of carbonyl (C=O) groups is 1. The summed E-state index contributed by atoms with van der Waals surface area (Å²) in [7, 11) is 0. The van der Waals surface area contributed by atoms with Crippen molar-refractivity contribution < 1.29 is 4.79 Å². The van der Waals surface area contributed by atoms with Gasteiger partial charge in [0.05, 0.1) is 6.07 Å². The van der Waals surface area contributed by atoms with Crippen LogP contribution in [0.2, 0.25) is 0 Å². The predicted molar refractivity (Wildman–Crippen MR) is 81.5 cm³/mol. The number of amides is 1. The summed E-state index contributed by atoms with van der Waals surface area (Å²) in [6, 6.07) is 11.6. The molecule has 21 heavy (non-hydrogen) atoms. The number of hydrogen-bond donors (Lipinski definition) is 0. The Hall–Kier alpha value is -1.82. The van der Waals surface area contributed by atoms with Crippen LogP contribution >= 0.6 is 0 Å². The van der Waals surface area contributed by atoms with Crippen LogP contribution in [0.3, 0.4) is 0 Å². The van der Waals surface area contributed by atoms with Gasteiger partial charge in [-0.25, -0.2) is 0 Å². The molecule has 0 aromatic heterocycles. The Bertz CT molecular complexity index is 530. The maximum Gasteiger partial charge on any atom is 0.244 e. The molecule has 3 nitrogen and oxygen atoms in total. The number of carbonyl (C=O) groups excluding carboxylic acids is 1. The topological polar surface area (TPSA) is 44.1 Å². The van der Waals surface area contributed by atoms with Gasteiger partial charge in [-0.2, -0.15) is 5.26 Å². The largest absolute Gasteiger partial charge is 0.341 e. The second kappa shape index (κ2) is 5.89. The van der Waals surface area contributed by atoms with Gasteiger partial charge in [-0.15, -0.1) is 0 Å². The highest BCUT2D eigenvalue weighted by molar-refractivity contribution is 5.86. The predicted octanol–water partition coefficient (Wildman–Crippen LogP) is 3.48. The molecule has 2 aliphatic rings. The van der Waals surface area contributed by atoms with Gasteiger partial charge in [-0.1, -0.05) is 43.2 Å². The summed E-state index contributed by atoms with van der Waals surface area (Å²) < 4.78 is 0. The first-order chi connectivity index (χ1) is 10.2. The van der Waals surface area contributed by atoms with Crippen LogP contribution in [0.15, 0.2) is 30.3 Å². The summed E-state index contributed by atoms with van der Waals surface area (Å²) >= 11 is 0. The number of nitrogens with zero attached hydrogens (tertiary/aromatic N) is 2. The van der Waals surface area contributed by atoms with E-state index >= 15 is 0 Å². The van der Waals surface area contributed by atoms with Gasteiger partial charge < -0.3 is 4.90 Å². The maximum absolute atomic E-state index is 12.6. The second-order valence-corrected chi connectivity index (χ2v) is 6.51. The fraction of sp³-hybridized carbons (Fsp3) is 0.556. The summed E-state index contributed by atoms with van der Waals surface area (Å²) in [5.74, 6) is -0.666. The van der Waals surface area contributed by atoms with Crippen LogP contribution in [0.4, 0.5) is 0 Å². The van der Waals surface area contributed by atoms with Crippen LogP contribution < -0.4 is 0 Å². The van der Waals surface area contributed by atoms with E-state index in [0.29, 0.717) is 5.41 Å². The van der Waals surface area contributed by atoms with Gasteiger partial charge in [0.1, 0.15) is 5.92 Å². The number of hydrogen-bond acceptors (Lipinski definition) is 2. The van der Waals surface area contributed by atoms with Crippen molar-refractivity contribution in [3.05, 3.63) is 35.9 Å². The zero-order chi connectivity index (χ0) is 14.7. The first kappa shape index (κ1) is 14.1. The number of likely N-dealkylation sites (tertiary alicyclic amines) is 1. The van der Waals surface area contributed by atoms with Gasteiger partial charge >= 0.3 is 0 Å². The molecule has 1 saturated heterocycles. The molecule has 0 radical (unpaired) electrons. The number of benzene rings is 1. The molecule has 3 rings (SSSR count). The van der Waals surface area contributed by atoms with E-state index < -0.39 is 5.92 Å². The third-order valence-corrected chi connectivity index (χ3v) is 5.31. The molecule has 1 aliphatic heterocycles. The molecule has 3 heteroatoms. The van der Waals surface area contributed by atoms with Gasteiger partial charge in [-0.05, 0) is 36.7 Å². The normalized spacial score (nSPS) is 22.0. The lowest BCUT2D eigenvalue weighted by atomic mass is 9.77. The molecular weight excluding hydrogens is 260 g/mol. The first-order valence-corrected chi connectivity index (χ1v) is 7.97. The summed E-state index contributed by atoms with van der Waals surface area (Å²) in [6.07, 6.45) is 7.58. The molecule has 1 unspecified atom stereocenters. The van der Waals surface area contributed by atoms with E-state index in [-0.39, 0.29) is 5.91 Å². The van der Waals surface area contributed by atoms with Crippen molar-refractivity contribution in [2.45, 2.75) is 44.4 Å². The molecule has 110 valence electrons. The molecule has 1 heterocycles. The van der Waals surface area contributed by atoms with Crippen molar-refractivity contribution in [3.8, 4) is 6.07 Å². The SMILES string of the molecule is N#CC(C(=O)N1CCC2(CCCC2)CC1)c1ccccc1. The smallest absolute Gasteiger partial charge is 0.244 e. The van der Waals surface area contributed by atoms with E-state index in [0.717, 1.165) is 31.5 Å².